The van der Waals surface area contributed by atoms with Crippen molar-refractivity contribution in [1.29, 1.82) is 0 Å². The highest BCUT2D eigenvalue weighted by Crippen LogP contribution is 2.38. The van der Waals surface area contributed by atoms with Crippen LogP contribution in [0.4, 0.5) is 0 Å². The van der Waals surface area contributed by atoms with Crippen molar-refractivity contribution >= 4 is 21.9 Å². The van der Waals surface area contributed by atoms with Gasteiger partial charge in [-0.2, -0.15) is 0 Å². The number of carbonyl (C=O) groups is 1. The van der Waals surface area contributed by atoms with Crippen LogP contribution in [0.3, 0.4) is 0 Å². The lowest BCUT2D eigenvalue weighted by molar-refractivity contribution is 0.0599. The summed E-state index contributed by atoms with van der Waals surface area (Å²) in [6.45, 7) is 0.727. The third kappa shape index (κ3) is 3.55. The number of halogens is 1. The summed E-state index contributed by atoms with van der Waals surface area (Å²) >= 11 is 3.48. The topological polar surface area (TPSA) is 48.4 Å². The SMILES string of the molecule is COC(=O)c1ccncc1CC[C@@H]1CCOc2cc(Br)ccc21. The number of nitrogens with zero attached hydrogens (tertiary/aromatic N) is 1. The summed E-state index contributed by atoms with van der Waals surface area (Å²) in [4.78, 5) is 16.0. The van der Waals surface area contributed by atoms with Gasteiger partial charge in [-0.3, -0.25) is 4.98 Å². The number of hydrogen-bond donors (Lipinski definition) is 0. The first-order valence-electron chi connectivity index (χ1n) is 7.62. The molecular weight excluding hydrogens is 358 g/mol. The molecule has 0 unspecified atom stereocenters. The summed E-state index contributed by atoms with van der Waals surface area (Å²) in [5.41, 5.74) is 2.78. The predicted octanol–water partition coefficient (Wildman–Crippen LogP) is 4.13. The zero-order chi connectivity index (χ0) is 16.2. The lowest BCUT2D eigenvalue weighted by Gasteiger charge is -2.26. The van der Waals surface area contributed by atoms with Gasteiger partial charge in [-0.05, 0) is 54.5 Å². The van der Waals surface area contributed by atoms with Crippen LogP contribution < -0.4 is 4.74 Å². The lowest BCUT2D eigenvalue weighted by Crippen LogP contribution is -2.15. The molecule has 0 amide bonds. The molecule has 120 valence electrons. The minimum Gasteiger partial charge on any atom is -0.493 e. The van der Waals surface area contributed by atoms with Gasteiger partial charge in [0.25, 0.3) is 0 Å². The van der Waals surface area contributed by atoms with Crippen LogP contribution in [0.1, 0.15) is 40.2 Å². The second-order valence-corrected chi connectivity index (χ2v) is 6.49. The van der Waals surface area contributed by atoms with Gasteiger partial charge >= 0.3 is 5.97 Å². The van der Waals surface area contributed by atoms with Crippen molar-refractivity contribution in [2.75, 3.05) is 13.7 Å². The van der Waals surface area contributed by atoms with Crippen LogP contribution in [0, 0.1) is 0 Å². The molecule has 0 aliphatic carbocycles. The van der Waals surface area contributed by atoms with Gasteiger partial charge in [-0.15, -0.1) is 0 Å². The Morgan fingerprint density at radius 3 is 3.13 bits per heavy atom. The van der Waals surface area contributed by atoms with Gasteiger partial charge in [0.2, 0.25) is 0 Å². The van der Waals surface area contributed by atoms with Crippen molar-refractivity contribution in [2.45, 2.75) is 25.2 Å². The Bertz CT molecular complexity index is 717. The molecule has 0 fully saturated rings. The minimum atomic E-state index is -0.307. The Kier molecular flexibility index (Phi) is 4.96. The van der Waals surface area contributed by atoms with Crippen molar-refractivity contribution in [3.8, 4) is 5.75 Å². The van der Waals surface area contributed by atoms with E-state index >= 15 is 0 Å². The Morgan fingerprint density at radius 2 is 2.30 bits per heavy atom. The maximum absolute atomic E-state index is 11.8. The van der Waals surface area contributed by atoms with Gasteiger partial charge in [-0.1, -0.05) is 22.0 Å². The zero-order valence-electron chi connectivity index (χ0n) is 12.9. The second kappa shape index (κ2) is 7.13. The van der Waals surface area contributed by atoms with E-state index in [1.807, 2.05) is 12.1 Å². The van der Waals surface area contributed by atoms with E-state index < -0.39 is 0 Å². The van der Waals surface area contributed by atoms with E-state index in [9.17, 15) is 4.79 Å². The molecule has 4 nitrogen and oxygen atoms in total. The fourth-order valence-electron chi connectivity index (χ4n) is 3.00. The van der Waals surface area contributed by atoms with Crippen LogP contribution in [0.5, 0.6) is 5.75 Å². The van der Waals surface area contributed by atoms with Gasteiger partial charge in [-0.25, -0.2) is 4.79 Å². The molecule has 1 atom stereocenters. The van der Waals surface area contributed by atoms with Crippen LogP contribution in [0.2, 0.25) is 0 Å². The fraction of sp³-hybridized carbons (Fsp3) is 0.333. The Morgan fingerprint density at radius 1 is 1.43 bits per heavy atom. The molecule has 0 radical (unpaired) electrons. The van der Waals surface area contributed by atoms with E-state index in [0.29, 0.717) is 11.5 Å². The van der Waals surface area contributed by atoms with Crippen molar-refractivity contribution < 1.29 is 14.3 Å². The highest BCUT2D eigenvalue weighted by atomic mass is 79.9. The second-order valence-electron chi connectivity index (χ2n) is 5.58. The number of pyridine rings is 1. The maximum Gasteiger partial charge on any atom is 0.338 e. The summed E-state index contributed by atoms with van der Waals surface area (Å²) in [5.74, 6) is 1.08. The fourth-order valence-corrected chi connectivity index (χ4v) is 3.34. The Hall–Kier alpha value is -1.88. The molecule has 0 saturated heterocycles. The number of carbonyl (C=O) groups excluding carboxylic acids is 1. The number of rotatable bonds is 4. The number of hydrogen-bond acceptors (Lipinski definition) is 4. The number of methoxy groups -OCH3 is 1. The predicted molar refractivity (Wildman–Crippen MR) is 90.9 cm³/mol. The highest BCUT2D eigenvalue weighted by Gasteiger charge is 2.22. The molecule has 3 rings (SSSR count). The quantitative estimate of drug-likeness (QED) is 0.753. The van der Waals surface area contributed by atoms with Crippen molar-refractivity contribution in [2.24, 2.45) is 0 Å². The van der Waals surface area contributed by atoms with E-state index in [4.69, 9.17) is 9.47 Å². The van der Waals surface area contributed by atoms with Gasteiger partial charge in [0.1, 0.15) is 5.75 Å². The highest BCUT2D eigenvalue weighted by molar-refractivity contribution is 9.10. The van der Waals surface area contributed by atoms with Crippen LogP contribution in [-0.2, 0) is 11.2 Å². The Balaban J connectivity index is 1.77. The molecule has 5 heteroatoms. The standard InChI is InChI=1S/C18H18BrNO3/c1-22-18(21)16-6-8-20-11-13(16)3-2-12-7-9-23-17-10-14(19)4-5-15(12)17/h4-6,8,10-12H,2-3,7,9H2,1H3/t12-/m1/s1. The summed E-state index contributed by atoms with van der Waals surface area (Å²) in [7, 11) is 1.40. The smallest absolute Gasteiger partial charge is 0.338 e. The van der Waals surface area contributed by atoms with E-state index in [0.717, 1.165) is 41.7 Å². The number of ether oxygens (including phenoxy) is 2. The molecule has 1 aromatic carbocycles. The van der Waals surface area contributed by atoms with Crippen LogP contribution in [-0.4, -0.2) is 24.7 Å². The summed E-state index contributed by atoms with van der Waals surface area (Å²) in [6, 6.07) is 7.90. The van der Waals surface area contributed by atoms with Crippen molar-refractivity contribution in [3.05, 3.63) is 57.8 Å². The van der Waals surface area contributed by atoms with Crippen LogP contribution in [0.15, 0.2) is 41.1 Å². The first-order chi connectivity index (χ1) is 11.2. The molecule has 0 bridgehead atoms. The number of aromatic nitrogens is 1. The van der Waals surface area contributed by atoms with Crippen molar-refractivity contribution in [1.82, 2.24) is 4.98 Å². The molecule has 2 heterocycles. The van der Waals surface area contributed by atoms with Gasteiger partial charge < -0.3 is 9.47 Å². The molecule has 0 N–H and O–H groups in total. The maximum atomic E-state index is 11.8. The number of fused-ring (bicyclic) bond motifs is 1. The summed E-state index contributed by atoms with van der Waals surface area (Å²) in [6.07, 6.45) is 6.11. The zero-order valence-corrected chi connectivity index (χ0v) is 14.5. The van der Waals surface area contributed by atoms with E-state index in [1.165, 1.54) is 12.7 Å². The van der Waals surface area contributed by atoms with E-state index in [1.54, 1.807) is 18.5 Å². The molecular formula is C18H18BrNO3. The summed E-state index contributed by atoms with van der Waals surface area (Å²) in [5, 5.41) is 0. The normalized spacial score (nSPS) is 16.3. The van der Waals surface area contributed by atoms with E-state index in [-0.39, 0.29) is 5.97 Å². The molecule has 0 spiro atoms. The number of esters is 1. The molecule has 0 saturated carbocycles. The van der Waals surface area contributed by atoms with Crippen molar-refractivity contribution in [3.63, 3.8) is 0 Å². The van der Waals surface area contributed by atoms with Crippen LogP contribution in [0.25, 0.3) is 0 Å². The monoisotopic (exact) mass is 375 g/mol. The minimum absolute atomic E-state index is 0.307. The van der Waals surface area contributed by atoms with Gasteiger partial charge in [0.15, 0.2) is 0 Å². The average molecular weight is 376 g/mol. The third-order valence-electron chi connectivity index (χ3n) is 4.21. The van der Waals surface area contributed by atoms with Gasteiger partial charge in [0.05, 0.1) is 19.3 Å². The first-order valence-corrected chi connectivity index (χ1v) is 8.42. The number of benzene rings is 1. The number of aryl methyl sites for hydroxylation is 1. The third-order valence-corrected chi connectivity index (χ3v) is 4.70. The average Bonchev–Trinajstić information content (AvgIpc) is 2.59. The summed E-state index contributed by atoms with van der Waals surface area (Å²) < 4.78 is 11.6. The molecule has 23 heavy (non-hydrogen) atoms. The van der Waals surface area contributed by atoms with Gasteiger partial charge in [0, 0.05) is 16.9 Å². The molecule has 2 aromatic rings. The lowest BCUT2D eigenvalue weighted by atomic mass is 9.87. The van der Waals surface area contributed by atoms with Crippen LogP contribution >= 0.6 is 15.9 Å². The molecule has 1 aliphatic heterocycles. The molecule has 1 aromatic heterocycles. The molecule has 1 aliphatic rings. The largest absolute Gasteiger partial charge is 0.493 e. The Labute approximate surface area is 144 Å². The first kappa shape index (κ1) is 16.0. The van der Waals surface area contributed by atoms with E-state index in [2.05, 4.69) is 27.0 Å².